The molecule has 0 aliphatic carbocycles. The van der Waals surface area contributed by atoms with Crippen molar-refractivity contribution in [3.63, 3.8) is 0 Å². The van der Waals surface area contributed by atoms with Crippen LogP contribution < -0.4 is 0 Å². The molecule has 0 aromatic carbocycles. The van der Waals surface area contributed by atoms with Gasteiger partial charge in [0.05, 0.1) is 27.7 Å². The first-order valence-electron chi connectivity index (χ1n) is 7.36. The fraction of sp³-hybridized carbons (Fsp3) is 1.00. The van der Waals surface area contributed by atoms with E-state index in [4.69, 9.17) is 0 Å². The van der Waals surface area contributed by atoms with Crippen LogP contribution in [0.5, 0.6) is 0 Å². The molecule has 0 atom stereocenters. The summed E-state index contributed by atoms with van der Waals surface area (Å²) in [5.41, 5.74) is 0. The number of hydrogen-bond donors (Lipinski definition) is 0. The van der Waals surface area contributed by atoms with Crippen molar-refractivity contribution in [1.29, 1.82) is 0 Å². The van der Waals surface area contributed by atoms with Crippen LogP contribution in [0.3, 0.4) is 0 Å². The highest BCUT2D eigenvalue weighted by atomic mass is 16.0. The Kier molecular flexibility index (Phi) is 14.0. The van der Waals surface area contributed by atoms with E-state index in [1.54, 1.807) is 0 Å². The summed E-state index contributed by atoms with van der Waals surface area (Å²) in [4.78, 5) is 0. The van der Waals surface area contributed by atoms with Gasteiger partial charge in [0.1, 0.15) is 0 Å². The molecule has 0 amide bonds. The van der Waals surface area contributed by atoms with Gasteiger partial charge in [-0.1, -0.05) is 58.3 Å². The zero-order chi connectivity index (χ0) is 12.3. The Morgan fingerprint density at radius 3 is 1.29 bits per heavy atom. The molecule has 2 heteroatoms. The molecule has 0 aliphatic rings. The number of rotatable bonds is 11. The normalized spacial score (nSPS) is 11.3. The first-order valence-corrected chi connectivity index (χ1v) is 7.36. The third-order valence-electron chi connectivity index (χ3n) is 3.18. The maximum absolute atomic E-state index is 2.29. The fourth-order valence-electron chi connectivity index (χ4n) is 2.07. The van der Waals surface area contributed by atoms with Crippen LogP contribution in [-0.2, 0) is 0 Å². The summed E-state index contributed by atoms with van der Waals surface area (Å²) >= 11 is 0. The SMILES string of the molecule is CCCCCCCCCCCC[N+](C)(C)C.O. The van der Waals surface area contributed by atoms with Gasteiger partial charge in [-0.05, 0) is 12.8 Å². The number of nitrogens with zero attached hydrogens (tertiary/aromatic N) is 1. The number of unbranched alkanes of at least 4 members (excludes halogenated alkanes) is 9. The molecule has 0 saturated heterocycles. The van der Waals surface area contributed by atoms with Crippen molar-refractivity contribution < 1.29 is 9.96 Å². The maximum atomic E-state index is 2.29. The van der Waals surface area contributed by atoms with Crippen molar-refractivity contribution in [1.82, 2.24) is 0 Å². The summed E-state index contributed by atoms with van der Waals surface area (Å²) in [6.45, 7) is 3.62. The first kappa shape index (κ1) is 19.3. The minimum Gasteiger partial charge on any atom is -0.412 e. The van der Waals surface area contributed by atoms with Crippen LogP contribution >= 0.6 is 0 Å². The molecule has 17 heavy (non-hydrogen) atoms. The van der Waals surface area contributed by atoms with Gasteiger partial charge in [-0.25, -0.2) is 0 Å². The van der Waals surface area contributed by atoms with Crippen LogP contribution in [0.25, 0.3) is 0 Å². The summed E-state index contributed by atoms with van der Waals surface area (Å²) in [6.07, 6.45) is 14.4. The monoisotopic (exact) mass is 246 g/mol. The molecule has 0 radical (unpaired) electrons. The first-order chi connectivity index (χ1) is 7.56. The largest absolute Gasteiger partial charge is 0.412 e. The second-order valence-electron chi connectivity index (χ2n) is 6.20. The fourth-order valence-corrected chi connectivity index (χ4v) is 2.07. The van der Waals surface area contributed by atoms with Crippen LogP contribution in [0, 0.1) is 0 Å². The van der Waals surface area contributed by atoms with Gasteiger partial charge in [-0.3, -0.25) is 0 Å². The smallest absolute Gasteiger partial charge is 0.0780 e. The van der Waals surface area contributed by atoms with Gasteiger partial charge in [0.2, 0.25) is 0 Å². The van der Waals surface area contributed by atoms with Crippen LogP contribution in [0.1, 0.15) is 71.1 Å². The van der Waals surface area contributed by atoms with Crippen LogP contribution in [0.4, 0.5) is 0 Å². The minimum absolute atomic E-state index is 0. The molecule has 0 fully saturated rings. The summed E-state index contributed by atoms with van der Waals surface area (Å²) in [5.74, 6) is 0. The molecule has 0 aromatic rings. The molecule has 106 valence electrons. The zero-order valence-electron chi connectivity index (χ0n) is 12.7. The molecule has 2 N–H and O–H groups in total. The maximum Gasteiger partial charge on any atom is 0.0780 e. The van der Waals surface area contributed by atoms with Gasteiger partial charge in [0.15, 0.2) is 0 Å². The van der Waals surface area contributed by atoms with Gasteiger partial charge < -0.3 is 9.96 Å². The van der Waals surface area contributed by atoms with Crippen LogP contribution in [0.2, 0.25) is 0 Å². The van der Waals surface area contributed by atoms with Crippen molar-refractivity contribution in [3.05, 3.63) is 0 Å². The van der Waals surface area contributed by atoms with E-state index in [-0.39, 0.29) is 5.48 Å². The summed E-state index contributed by atoms with van der Waals surface area (Å²) < 4.78 is 1.12. The predicted octanol–water partition coefficient (Wildman–Crippen LogP) is 3.79. The Bertz CT molecular complexity index is 140. The highest BCUT2D eigenvalue weighted by Gasteiger charge is 2.04. The Hall–Kier alpha value is -0.0800. The van der Waals surface area contributed by atoms with Crippen molar-refractivity contribution in [3.8, 4) is 0 Å². The van der Waals surface area contributed by atoms with Gasteiger partial charge in [-0.15, -0.1) is 0 Å². The topological polar surface area (TPSA) is 31.5 Å². The van der Waals surface area contributed by atoms with E-state index >= 15 is 0 Å². The summed E-state index contributed by atoms with van der Waals surface area (Å²) in [7, 11) is 6.86. The summed E-state index contributed by atoms with van der Waals surface area (Å²) in [6, 6.07) is 0. The quantitative estimate of drug-likeness (QED) is 0.392. The minimum atomic E-state index is 0. The number of quaternary nitrogens is 1. The lowest BCUT2D eigenvalue weighted by molar-refractivity contribution is -0.870. The van der Waals surface area contributed by atoms with E-state index in [0.29, 0.717) is 0 Å². The molecule has 0 spiro atoms. The van der Waals surface area contributed by atoms with Crippen LogP contribution in [-0.4, -0.2) is 37.6 Å². The van der Waals surface area contributed by atoms with Crippen LogP contribution in [0.15, 0.2) is 0 Å². The van der Waals surface area contributed by atoms with Crippen molar-refractivity contribution in [2.24, 2.45) is 0 Å². The Morgan fingerprint density at radius 1 is 0.588 bits per heavy atom. The average molecular weight is 246 g/mol. The van der Waals surface area contributed by atoms with Crippen molar-refractivity contribution in [2.45, 2.75) is 71.1 Å². The van der Waals surface area contributed by atoms with Gasteiger partial charge >= 0.3 is 0 Å². The van der Waals surface area contributed by atoms with E-state index < -0.39 is 0 Å². The van der Waals surface area contributed by atoms with Crippen molar-refractivity contribution in [2.75, 3.05) is 27.7 Å². The van der Waals surface area contributed by atoms with Crippen molar-refractivity contribution >= 4 is 0 Å². The lowest BCUT2D eigenvalue weighted by Crippen LogP contribution is -2.35. The average Bonchev–Trinajstić information content (AvgIpc) is 2.19. The molecule has 0 heterocycles. The molecular weight excluding hydrogens is 210 g/mol. The molecule has 0 aromatic heterocycles. The lowest BCUT2D eigenvalue weighted by Gasteiger charge is -2.23. The number of hydrogen-bond acceptors (Lipinski definition) is 0. The second kappa shape index (κ2) is 12.4. The molecule has 0 unspecified atom stereocenters. The standard InChI is InChI=1S/C15H34N.H2O/c1-5-6-7-8-9-10-11-12-13-14-15-16(2,3)4;/h5-15H2,1-4H3;1H2/q+1;. The molecule has 0 aliphatic heterocycles. The zero-order valence-corrected chi connectivity index (χ0v) is 12.7. The lowest BCUT2D eigenvalue weighted by atomic mass is 10.1. The Balaban J connectivity index is 0. The molecule has 0 bridgehead atoms. The van der Waals surface area contributed by atoms with Gasteiger partial charge in [0.25, 0.3) is 0 Å². The predicted molar refractivity (Wildman–Crippen MR) is 78.4 cm³/mol. The van der Waals surface area contributed by atoms with Gasteiger partial charge in [-0.2, -0.15) is 0 Å². The summed E-state index contributed by atoms with van der Waals surface area (Å²) in [5, 5.41) is 0. The Labute approximate surface area is 109 Å². The molecule has 0 saturated carbocycles. The highest BCUT2D eigenvalue weighted by Crippen LogP contribution is 2.10. The van der Waals surface area contributed by atoms with Gasteiger partial charge in [0, 0.05) is 0 Å². The Morgan fingerprint density at radius 2 is 0.941 bits per heavy atom. The molecular formula is C15H36NO+. The second-order valence-corrected chi connectivity index (χ2v) is 6.20. The van der Waals surface area contributed by atoms with E-state index in [1.807, 2.05) is 0 Å². The third-order valence-corrected chi connectivity index (χ3v) is 3.18. The third kappa shape index (κ3) is 18.5. The van der Waals surface area contributed by atoms with E-state index in [9.17, 15) is 0 Å². The van der Waals surface area contributed by atoms with E-state index in [2.05, 4.69) is 28.1 Å². The molecule has 2 nitrogen and oxygen atoms in total. The van der Waals surface area contributed by atoms with E-state index in [0.717, 1.165) is 4.48 Å². The van der Waals surface area contributed by atoms with E-state index in [1.165, 1.54) is 70.8 Å². The molecule has 0 rings (SSSR count). The highest BCUT2D eigenvalue weighted by molar-refractivity contribution is 4.47.